The number of hydrogen-bond acceptors (Lipinski definition) is 4. The van der Waals surface area contributed by atoms with Crippen molar-refractivity contribution in [2.75, 3.05) is 32.7 Å². The summed E-state index contributed by atoms with van der Waals surface area (Å²) in [6, 6.07) is 10.5. The van der Waals surface area contributed by atoms with Gasteiger partial charge >= 0.3 is 6.18 Å². The Balaban J connectivity index is 1.22. The summed E-state index contributed by atoms with van der Waals surface area (Å²) in [7, 11) is 0. The summed E-state index contributed by atoms with van der Waals surface area (Å²) in [5, 5.41) is 14.5. The summed E-state index contributed by atoms with van der Waals surface area (Å²) in [5.41, 5.74) is 2.68. The van der Waals surface area contributed by atoms with E-state index in [2.05, 4.69) is 0 Å². The van der Waals surface area contributed by atoms with E-state index in [-0.39, 0.29) is 49.8 Å². The predicted octanol–water partition coefficient (Wildman–Crippen LogP) is 5.84. The van der Waals surface area contributed by atoms with Gasteiger partial charge in [0.15, 0.2) is 0 Å². The second-order valence-corrected chi connectivity index (χ2v) is 11.8. The number of carbonyl (C=O) groups is 2. The number of likely N-dealkylation sites (tertiary alicyclic amines) is 1. The minimum Gasteiger partial charge on any atom is -0.393 e. The van der Waals surface area contributed by atoms with Crippen LogP contribution in [0.5, 0.6) is 0 Å². The fourth-order valence-electron chi connectivity index (χ4n) is 5.90. The molecule has 11 heteroatoms. The third-order valence-electron chi connectivity index (χ3n) is 8.38. The van der Waals surface area contributed by atoms with Gasteiger partial charge in [-0.1, -0.05) is 35.3 Å². The van der Waals surface area contributed by atoms with Gasteiger partial charge in [0.05, 0.1) is 12.0 Å². The van der Waals surface area contributed by atoms with Gasteiger partial charge in [0.2, 0.25) is 5.91 Å². The zero-order valence-electron chi connectivity index (χ0n) is 22.0. The fraction of sp³-hybridized carbons (Fsp3) is 0.517. The number of carbonyl (C=O) groups excluding carboxylic acids is 2. The van der Waals surface area contributed by atoms with Crippen molar-refractivity contribution in [2.45, 2.75) is 50.8 Å². The molecule has 2 aromatic carbocycles. The molecule has 216 valence electrons. The number of halogens is 5. The van der Waals surface area contributed by atoms with Crippen molar-refractivity contribution in [2.24, 2.45) is 11.8 Å². The normalized spacial score (nSPS) is 21.9. The van der Waals surface area contributed by atoms with E-state index in [0.717, 1.165) is 16.7 Å². The Morgan fingerprint density at radius 3 is 2.05 bits per heavy atom. The zero-order chi connectivity index (χ0) is 28.6. The number of amides is 2. The number of piperidine rings is 2. The molecule has 1 atom stereocenters. The number of aliphatic hydroxyl groups is 1. The van der Waals surface area contributed by atoms with Crippen molar-refractivity contribution in [3.63, 3.8) is 0 Å². The average molecular weight is 598 g/mol. The van der Waals surface area contributed by atoms with E-state index in [1.165, 1.54) is 4.90 Å². The first-order chi connectivity index (χ1) is 19.0. The number of hydrogen-bond donors (Lipinski definition) is 1. The summed E-state index contributed by atoms with van der Waals surface area (Å²) >= 11 is 13.3. The second kappa shape index (κ2) is 11.9. The zero-order valence-corrected chi connectivity index (χ0v) is 23.5. The van der Waals surface area contributed by atoms with E-state index >= 15 is 0 Å². The van der Waals surface area contributed by atoms with Crippen molar-refractivity contribution in [1.82, 2.24) is 14.9 Å². The molecule has 0 bridgehead atoms. The monoisotopic (exact) mass is 597 g/mol. The average Bonchev–Trinajstić information content (AvgIpc) is 3.30. The maximum absolute atomic E-state index is 13.1. The minimum absolute atomic E-state index is 0.0514. The van der Waals surface area contributed by atoms with Gasteiger partial charge in [-0.05, 0) is 79.5 Å². The number of alkyl halides is 3. The van der Waals surface area contributed by atoms with Crippen LogP contribution >= 0.6 is 23.2 Å². The highest BCUT2D eigenvalue weighted by Gasteiger charge is 2.42. The molecule has 0 unspecified atom stereocenters. The Morgan fingerprint density at radius 1 is 0.875 bits per heavy atom. The van der Waals surface area contributed by atoms with Crippen LogP contribution < -0.4 is 0 Å². The summed E-state index contributed by atoms with van der Waals surface area (Å²) < 4.78 is 38.8. The molecule has 1 N–H and O–H groups in total. The molecule has 0 spiro atoms. The molecule has 3 fully saturated rings. The number of rotatable bonds is 5. The Kier molecular flexibility index (Phi) is 8.66. The first-order valence-electron chi connectivity index (χ1n) is 13.7. The molecule has 3 saturated heterocycles. The summed E-state index contributed by atoms with van der Waals surface area (Å²) in [6.45, 7) is 2.13. The molecule has 6 nitrogen and oxygen atoms in total. The van der Waals surface area contributed by atoms with Crippen molar-refractivity contribution in [3.05, 3.63) is 57.6 Å². The van der Waals surface area contributed by atoms with Crippen LogP contribution in [0.2, 0.25) is 10.0 Å². The third kappa shape index (κ3) is 6.27. The lowest BCUT2D eigenvalue weighted by molar-refractivity contribution is -0.183. The summed E-state index contributed by atoms with van der Waals surface area (Å²) in [6.07, 6.45) is -2.24. The van der Waals surface area contributed by atoms with Crippen molar-refractivity contribution >= 4 is 35.0 Å². The summed E-state index contributed by atoms with van der Waals surface area (Å²) in [5.74, 6) is -1.81. The molecular formula is C29H32Cl2F3N3O3. The minimum atomic E-state index is -4.22. The van der Waals surface area contributed by atoms with Crippen molar-refractivity contribution in [3.8, 4) is 11.1 Å². The number of nitrogens with zero attached hydrogens (tertiary/aromatic N) is 3. The van der Waals surface area contributed by atoms with Crippen LogP contribution in [-0.4, -0.2) is 76.8 Å². The van der Waals surface area contributed by atoms with Crippen LogP contribution in [-0.2, 0) is 11.2 Å². The molecule has 3 heterocycles. The second-order valence-electron chi connectivity index (χ2n) is 10.9. The number of hydrazine groups is 1. The number of benzene rings is 2. The van der Waals surface area contributed by atoms with Crippen LogP contribution in [0.3, 0.4) is 0 Å². The predicted molar refractivity (Wildman–Crippen MR) is 147 cm³/mol. The molecule has 2 amide bonds. The van der Waals surface area contributed by atoms with Crippen molar-refractivity contribution < 1.29 is 27.9 Å². The molecule has 5 rings (SSSR count). The first-order valence-corrected chi connectivity index (χ1v) is 14.5. The lowest BCUT2D eigenvalue weighted by Crippen LogP contribution is -2.49. The van der Waals surface area contributed by atoms with Crippen LogP contribution in [0.25, 0.3) is 11.1 Å². The van der Waals surface area contributed by atoms with Gasteiger partial charge in [0.25, 0.3) is 5.91 Å². The molecule has 0 radical (unpaired) electrons. The fourth-order valence-corrected chi connectivity index (χ4v) is 6.54. The van der Waals surface area contributed by atoms with Crippen LogP contribution in [0, 0.1) is 11.8 Å². The maximum Gasteiger partial charge on any atom is 0.391 e. The quantitative estimate of drug-likeness (QED) is 0.470. The highest BCUT2D eigenvalue weighted by atomic mass is 35.5. The highest BCUT2D eigenvalue weighted by molar-refractivity contribution is 6.36. The third-order valence-corrected chi connectivity index (χ3v) is 9.05. The first kappa shape index (κ1) is 29.2. The smallest absolute Gasteiger partial charge is 0.391 e. The van der Waals surface area contributed by atoms with E-state index in [1.807, 2.05) is 5.01 Å². The summed E-state index contributed by atoms with van der Waals surface area (Å²) in [4.78, 5) is 27.4. The standard InChI is InChI=1S/C29H32Cl2F3N3O3/c30-25-16-21(18-1-3-19(4-2-18)27(39)35-10-6-22(7-11-35)29(32,33)34)17-26(31)24(25)15-20-5-14-37(28(20)40)36-12-8-23(38)9-13-36/h1-4,16-17,20,22-23,38H,5-15H2/t20-/m1/s1. The van der Waals surface area contributed by atoms with Gasteiger partial charge in [0.1, 0.15) is 0 Å². The van der Waals surface area contributed by atoms with Crippen LogP contribution in [0.15, 0.2) is 36.4 Å². The lowest BCUT2D eigenvalue weighted by Gasteiger charge is -2.36. The largest absolute Gasteiger partial charge is 0.393 e. The highest BCUT2D eigenvalue weighted by Crippen LogP contribution is 2.37. The van der Waals surface area contributed by atoms with E-state index in [9.17, 15) is 27.9 Å². The Hall–Kier alpha value is -2.33. The van der Waals surface area contributed by atoms with Gasteiger partial charge in [-0.2, -0.15) is 13.2 Å². The Labute approximate surface area is 241 Å². The molecule has 40 heavy (non-hydrogen) atoms. The molecule has 0 aliphatic carbocycles. The molecule has 2 aromatic rings. The van der Waals surface area contributed by atoms with E-state index in [0.29, 0.717) is 60.9 Å². The van der Waals surface area contributed by atoms with Crippen LogP contribution in [0.4, 0.5) is 13.2 Å². The SMILES string of the molecule is O=C(c1ccc(-c2cc(Cl)c(C[C@H]3CCN(N4CCC(O)CC4)C3=O)c(Cl)c2)cc1)N1CCC(C(F)(F)F)CC1. The van der Waals surface area contributed by atoms with Gasteiger partial charge in [-0.25, -0.2) is 5.01 Å². The van der Waals surface area contributed by atoms with E-state index in [1.54, 1.807) is 41.4 Å². The molecule has 3 aliphatic rings. The van der Waals surface area contributed by atoms with Gasteiger partial charge in [-0.3, -0.25) is 14.6 Å². The van der Waals surface area contributed by atoms with Gasteiger partial charge in [-0.15, -0.1) is 0 Å². The van der Waals surface area contributed by atoms with E-state index < -0.39 is 12.1 Å². The van der Waals surface area contributed by atoms with Gasteiger partial charge < -0.3 is 10.0 Å². The van der Waals surface area contributed by atoms with Crippen molar-refractivity contribution in [1.29, 1.82) is 0 Å². The topological polar surface area (TPSA) is 64.1 Å². The molecule has 0 saturated carbocycles. The van der Waals surface area contributed by atoms with Crippen LogP contribution in [0.1, 0.15) is 48.0 Å². The lowest BCUT2D eigenvalue weighted by atomic mass is 9.95. The molecular weight excluding hydrogens is 566 g/mol. The number of aliphatic hydroxyl groups excluding tert-OH is 1. The Bertz CT molecular complexity index is 1220. The Morgan fingerprint density at radius 2 is 1.48 bits per heavy atom. The molecule has 3 aliphatic heterocycles. The molecule has 0 aromatic heterocycles. The van der Waals surface area contributed by atoms with Gasteiger partial charge in [0, 0.05) is 54.3 Å². The maximum atomic E-state index is 13.1. The van der Waals surface area contributed by atoms with E-state index in [4.69, 9.17) is 23.2 Å².